The van der Waals surface area contributed by atoms with Crippen molar-refractivity contribution in [1.29, 1.82) is 0 Å². The second kappa shape index (κ2) is 8.33. The first-order valence-corrected chi connectivity index (χ1v) is 7.51. The summed E-state index contributed by atoms with van der Waals surface area (Å²) in [7, 11) is 1.85. The van der Waals surface area contributed by atoms with Crippen LogP contribution in [0.4, 0.5) is 0 Å². The standard InChI is InChI=1S/C15H23BrN2O/c1-12(10-17)11-18(2)15(19)9-5-7-13-6-3-4-8-14(13)16/h3-4,6,8,12H,5,7,9-11,17H2,1-2H3. The van der Waals surface area contributed by atoms with Gasteiger partial charge in [0.25, 0.3) is 0 Å². The monoisotopic (exact) mass is 326 g/mol. The number of aryl methyl sites for hydroxylation is 1. The molecule has 0 aromatic heterocycles. The molecule has 1 atom stereocenters. The first-order valence-electron chi connectivity index (χ1n) is 6.72. The van der Waals surface area contributed by atoms with E-state index in [0.29, 0.717) is 18.9 Å². The van der Waals surface area contributed by atoms with E-state index >= 15 is 0 Å². The summed E-state index contributed by atoms with van der Waals surface area (Å²) in [6, 6.07) is 8.15. The van der Waals surface area contributed by atoms with Crippen LogP contribution in [0.2, 0.25) is 0 Å². The molecule has 4 heteroatoms. The van der Waals surface area contributed by atoms with Crippen molar-refractivity contribution in [3.05, 3.63) is 34.3 Å². The van der Waals surface area contributed by atoms with E-state index < -0.39 is 0 Å². The number of rotatable bonds is 7. The molecule has 1 aromatic rings. The minimum absolute atomic E-state index is 0.201. The molecule has 1 aromatic carbocycles. The van der Waals surface area contributed by atoms with E-state index in [-0.39, 0.29) is 5.91 Å². The van der Waals surface area contributed by atoms with Gasteiger partial charge in [0.1, 0.15) is 0 Å². The molecule has 0 fully saturated rings. The maximum Gasteiger partial charge on any atom is 0.222 e. The number of hydrogen-bond acceptors (Lipinski definition) is 2. The average molecular weight is 327 g/mol. The Bertz CT molecular complexity index is 409. The molecule has 0 saturated carbocycles. The number of nitrogens with zero attached hydrogens (tertiary/aromatic N) is 1. The van der Waals surface area contributed by atoms with Gasteiger partial charge in [-0.05, 0) is 36.9 Å². The van der Waals surface area contributed by atoms with E-state index in [4.69, 9.17) is 5.73 Å². The fourth-order valence-corrected chi connectivity index (χ4v) is 2.45. The molecule has 1 unspecified atom stereocenters. The molecule has 1 amide bonds. The summed E-state index contributed by atoms with van der Waals surface area (Å²) in [6.07, 6.45) is 2.39. The van der Waals surface area contributed by atoms with Crippen molar-refractivity contribution in [2.45, 2.75) is 26.2 Å². The fraction of sp³-hybridized carbons (Fsp3) is 0.533. The van der Waals surface area contributed by atoms with Crippen LogP contribution in [-0.4, -0.2) is 30.9 Å². The van der Waals surface area contributed by atoms with Crippen LogP contribution in [-0.2, 0) is 11.2 Å². The topological polar surface area (TPSA) is 46.3 Å². The molecule has 0 radical (unpaired) electrons. The van der Waals surface area contributed by atoms with Crippen LogP contribution in [0.5, 0.6) is 0 Å². The smallest absolute Gasteiger partial charge is 0.222 e. The van der Waals surface area contributed by atoms with Gasteiger partial charge in [0.15, 0.2) is 0 Å². The van der Waals surface area contributed by atoms with E-state index in [1.165, 1.54) is 5.56 Å². The second-order valence-corrected chi connectivity index (χ2v) is 5.91. The summed E-state index contributed by atoms with van der Waals surface area (Å²) < 4.78 is 1.12. The minimum atomic E-state index is 0.201. The SMILES string of the molecule is CC(CN)CN(C)C(=O)CCCc1ccccc1Br. The third-order valence-electron chi connectivity index (χ3n) is 3.21. The lowest BCUT2D eigenvalue weighted by atomic mass is 10.1. The van der Waals surface area contributed by atoms with Crippen molar-refractivity contribution < 1.29 is 4.79 Å². The lowest BCUT2D eigenvalue weighted by Crippen LogP contribution is -2.33. The zero-order valence-electron chi connectivity index (χ0n) is 11.7. The normalized spacial score (nSPS) is 12.2. The number of nitrogens with two attached hydrogens (primary N) is 1. The molecule has 0 spiro atoms. The molecule has 1 rings (SSSR count). The van der Waals surface area contributed by atoms with Crippen LogP contribution in [0.3, 0.4) is 0 Å². The largest absolute Gasteiger partial charge is 0.345 e. The van der Waals surface area contributed by atoms with E-state index in [1.54, 1.807) is 4.90 Å². The second-order valence-electron chi connectivity index (χ2n) is 5.06. The summed E-state index contributed by atoms with van der Waals surface area (Å²) in [5.41, 5.74) is 6.83. The summed E-state index contributed by atoms with van der Waals surface area (Å²) in [6.45, 7) is 3.42. The predicted octanol–water partition coefficient (Wildman–Crippen LogP) is 2.83. The van der Waals surface area contributed by atoms with Crippen molar-refractivity contribution >= 4 is 21.8 Å². The molecule has 0 saturated heterocycles. The number of carbonyl (C=O) groups excluding carboxylic acids is 1. The van der Waals surface area contributed by atoms with Crippen LogP contribution in [0.15, 0.2) is 28.7 Å². The van der Waals surface area contributed by atoms with Crippen LogP contribution in [0, 0.1) is 5.92 Å². The fourth-order valence-electron chi connectivity index (χ4n) is 1.97. The Kier molecular flexibility index (Phi) is 7.10. The van der Waals surface area contributed by atoms with Crippen LogP contribution >= 0.6 is 15.9 Å². The highest BCUT2D eigenvalue weighted by molar-refractivity contribution is 9.10. The molecule has 3 nitrogen and oxygen atoms in total. The highest BCUT2D eigenvalue weighted by atomic mass is 79.9. The molecule has 0 aliphatic carbocycles. The summed E-state index contributed by atoms with van der Waals surface area (Å²) in [5.74, 6) is 0.560. The quantitative estimate of drug-likeness (QED) is 0.837. The Balaban J connectivity index is 2.33. The molecule has 106 valence electrons. The van der Waals surface area contributed by atoms with E-state index in [1.807, 2.05) is 25.2 Å². The third kappa shape index (κ3) is 5.74. The molecular weight excluding hydrogens is 304 g/mol. The minimum Gasteiger partial charge on any atom is -0.345 e. The van der Waals surface area contributed by atoms with Crippen molar-refractivity contribution in [2.24, 2.45) is 11.7 Å². The van der Waals surface area contributed by atoms with Crippen molar-refractivity contribution in [3.63, 3.8) is 0 Å². The molecule has 0 aliphatic rings. The van der Waals surface area contributed by atoms with Gasteiger partial charge in [0.2, 0.25) is 5.91 Å². The number of benzene rings is 1. The van der Waals surface area contributed by atoms with Gasteiger partial charge >= 0.3 is 0 Å². The lowest BCUT2D eigenvalue weighted by molar-refractivity contribution is -0.130. The van der Waals surface area contributed by atoms with Gasteiger partial charge in [0, 0.05) is 24.5 Å². The Hall–Kier alpha value is -0.870. The molecule has 0 heterocycles. The number of carbonyl (C=O) groups is 1. The highest BCUT2D eigenvalue weighted by Crippen LogP contribution is 2.18. The maximum absolute atomic E-state index is 11.9. The number of hydrogen-bond donors (Lipinski definition) is 1. The van der Waals surface area contributed by atoms with Gasteiger partial charge in [-0.1, -0.05) is 41.1 Å². The van der Waals surface area contributed by atoms with Gasteiger partial charge in [-0.2, -0.15) is 0 Å². The van der Waals surface area contributed by atoms with Crippen LogP contribution < -0.4 is 5.73 Å². The molecule has 0 aliphatic heterocycles. The van der Waals surface area contributed by atoms with Gasteiger partial charge in [-0.25, -0.2) is 0 Å². The lowest BCUT2D eigenvalue weighted by Gasteiger charge is -2.20. The summed E-state index contributed by atoms with van der Waals surface area (Å²) >= 11 is 3.53. The van der Waals surface area contributed by atoms with Crippen molar-refractivity contribution in [2.75, 3.05) is 20.1 Å². The predicted molar refractivity (Wildman–Crippen MR) is 82.9 cm³/mol. The number of amides is 1. The molecular formula is C15H23BrN2O. The molecule has 0 bridgehead atoms. The summed E-state index contributed by atoms with van der Waals surface area (Å²) in [5, 5.41) is 0. The van der Waals surface area contributed by atoms with Crippen molar-refractivity contribution in [3.8, 4) is 0 Å². The Morgan fingerprint density at radius 2 is 2.11 bits per heavy atom. The Labute approximate surface area is 124 Å². The first kappa shape index (κ1) is 16.2. The van der Waals surface area contributed by atoms with Gasteiger partial charge in [-0.3, -0.25) is 4.79 Å². The van der Waals surface area contributed by atoms with E-state index in [2.05, 4.69) is 28.9 Å². The van der Waals surface area contributed by atoms with E-state index in [0.717, 1.165) is 23.9 Å². The zero-order chi connectivity index (χ0) is 14.3. The average Bonchev–Trinajstić information content (AvgIpc) is 2.40. The van der Waals surface area contributed by atoms with E-state index in [9.17, 15) is 4.79 Å². The highest BCUT2D eigenvalue weighted by Gasteiger charge is 2.11. The molecule has 2 N–H and O–H groups in total. The summed E-state index contributed by atoms with van der Waals surface area (Å²) in [4.78, 5) is 13.7. The molecule has 19 heavy (non-hydrogen) atoms. The Morgan fingerprint density at radius 3 is 2.74 bits per heavy atom. The number of halogens is 1. The van der Waals surface area contributed by atoms with Gasteiger partial charge in [-0.15, -0.1) is 0 Å². The first-order chi connectivity index (χ1) is 9.04. The zero-order valence-corrected chi connectivity index (χ0v) is 13.3. The van der Waals surface area contributed by atoms with Crippen LogP contribution in [0.25, 0.3) is 0 Å². The maximum atomic E-state index is 11.9. The van der Waals surface area contributed by atoms with Crippen LogP contribution in [0.1, 0.15) is 25.3 Å². The Morgan fingerprint density at radius 1 is 1.42 bits per heavy atom. The van der Waals surface area contributed by atoms with Crippen molar-refractivity contribution in [1.82, 2.24) is 4.90 Å². The van der Waals surface area contributed by atoms with Gasteiger partial charge in [0.05, 0.1) is 0 Å². The third-order valence-corrected chi connectivity index (χ3v) is 3.98. The van der Waals surface area contributed by atoms with Gasteiger partial charge < -0.3 is 10.6 Å².